The van der Waals surface area contributed by atoms with Crippen LogP contribution in [-0.4, -0.2) is 40.1 Å². The Morgan fingerprint density at radius 2 is 2.28 bits per heavy atom. The Kier molecular flexibility index (Phi) is 4.91. The molecule has 1 aromatic heterocycles. The van der Waals surface area contributed by atoms with Gasteiger partial charge in [-0.05, 0) is 36.2 Å². The molecule has 1 aliphatic rings. The summed E-state index contributed by atoms with van der Waals surface area (Å²) in [6.45, 7) is 0.208. The van der Waals surface area contributed by atoms with Crippen LogP contribution in [0.1, 0.15) is 23.6 Å². The molecule has 1 amide bonds. The van der Waals surface area contributed by atoms with Crippen molar-refractivity contribution < 1.29 is 14.3 Å². The minimum Gasteiger partial charge on any atom is -0.391 e. The average molecular weight is 340 g/mol. The number of pyridine rings is 1. The summed E-state index contributed by atoms with van der Waals surface area (Å²) in [5.74, 6) is -0.0995. The highest BCUT2D eigenvalue weighted by atomic mass is 19.1. The molecule has 6 nitrogen and oxygen atoms in total. The van der Waals surface area contributed by atoms with Gasteiger partial charge in [-0.25, -0.2) is 9.37 Å². The summed E-state index contributed by atoms with van der Waals surface area (Å²) in [6.07, 6.45) is 1.16. The van der Waals surface area contributed by atoms with Crippen LogP contribution in [0.25, 0.3) is 0 Å². The predicted molar refractivity (Wildman–Crippen MR) is 88.9 cm³/mol. The Labute approximate surface area is 144 Å². The van der Waals surface area contributed by atoms with Gasteiger partial charge in [0.25, 0.3) is 0 Å². The number of hydrogen-bond donors (Lipinski definition) is 2. The molecule has 25 heavy (non-hydrogen) atoms. The van der Waals surface area contributed by atoms with Gasteiger partial charge in [-0.3, -0.25) is 4.79 Å². The van der Waals surface area contributed by atoms with Crippen LogP contribution in [0.15, 0.2) is 42.6 Å². The van der Waals surface area contributed by atoms with Crippen molar-refractivity contribution in [2.75, 3.05) is 18.4 Å². The molecule has 1 fully saturated rings. The van der Waals surface area contributed by atoms with E-state index in [1.165, 1.54) is 18.3 Å². The number of benzene rings is 1. The molecule has 0 bridgehead atoms. The molecular weight excluding hydrogens is 323 g/mol. The van der Waals surface area contributed by atoms with Crippen molar-refractivity contribution in [2.24, 2.45) is 0 Å². The van der Waals surface area contributed by atoms with E-state index in [-0.39, 0.29) is 30.9 Å². The van der Waals surface area contributed by atoms with E-state index in [1.807, 2.05) is 6.07 Å². The molecule has 1 aliphatic heterocycles. The molecule has 2 N–H and O–H groups in total. The van der Waals surface area contributed by atoms with Gasteiger partial charge in [0.2, 0.25) is 5.91 Å². The number of nitriles is 1. The second-order valence-corrected chi connectivity index (χ2v) is 5.90. The van der Waals surface area contributed by atoms with Crippen LogP contribution in [0, 0.1) is 17.1 Å². The third-order valence-corrected chi connectivity index (χ3v) is 4.15. The number of halogens is 1. The van der Waals surface area contributed by atoms with Crippen molar-refractivity contribution >= 4 is 11.7 Å². The topological polar surface area (TPSA) is 89.2 Å². The van der Waals surface area contributed by atoms with E-state index in [1.54, 1.807) is 29.2 Å². The quantitative estimate of drug-likeness (QED) is 0.886. The number of anilines is 1. The maximum atomic E-state index is 13.5. The van der Waals surface area contributed by atoms with Gasteiger partial charge in [0.05, 0.1) is 24.3 Å². The zero-order chi connectivity index (χ0) is 17.8. The van der Waals surface area contributed by atoms with E-state index < -0.39 is 6.10 Å². The number of aromatic nitrogens is 1. The molecule has 2 heterocycles. The fourth-order valence-electron chi connectivity index (χ4n) is 2.95. The minimum absolute atomic E-state index is 0.00254. The van der Waals surface area contributed by atoms with Crippen LogP contribution in [0.3, 0.4) is 0 Å². The van der Waals surface area contributed by atoms with Gasteiger partial charge >= 0.3 is 0 Å². The highest BCUT2D eigenvalue weighted by molar-refractivity contribution is 5.81. The first-order valence-corrected chi connectivity index (χ1v) is 7.90. The summed E-state index contributed by atoms with van der Waals surface area (Å²) >= 11 is 0. The molecular formula is C18H17FN4O2. The molecule has 0 radical (unpaired) electrons. The zero-order valence-corrected chi connectivity index (χ0v) is 13.4. The molecule has 0 spiro atoms. The second-order valence-electron chi connectivity index (χ2n) is 5.90. The van der Waals surface area contributed by atoms with E-state index in [4.69, 9.17) is 5.26 Å². The first-order chi connectivity index (χ1) is 12.1. The summed E-state index contributed by atoms with van der Waals surface area (Å²) in [5, 5.41) is 21.6. The standard InChI is InChI=1S/C18H17FN4O2/c19-14-3-1-2-13(6-14)16-7-15(24)11-23(16)18(25)10-22-17-5-4-12(8-20)9-21-17/h1-6,9,15-16,24H,7,10-11H2,(H,21,22). The number of amides is 1. The molecule has 1 saturated heterocycles. The monoisotopic (exact) mass is 340 g/mol. The molecule has 2 atom stereocenters. The van der Waals surface area contributed by atoms with Crippen LogP contribution in [-0.2, 0) is 4.79 Å². The smallest absolute Gasteiger partial charge is 0.242 e. The molecule has 7 heteroatoms. The Hall–Kier alpha value is -2.98. The van der Waals surface area contributed by atoms with Gasteiger partial charge in [0.1, 0.15) is 17.7 Å². The van der Waals surface area contributed by atoms with Crippen LogP contribution in [0.5, 0.6) is 0 Å². The molecule has 0 aliphatic carbocycles. The normalized spacial score (nSPS) is 19.5. The third-order valence-electron chi connectivity index (χ3n) is 4.15. The molecule has 2 aromatic rings. The Morgan fingerprint density at radius 1 is 1.44 bits per heavy atom. The zero-order valence-electron chi connectivity index (χ0n) is 13.4. The largest absolute Gasteiger partial charge is 0.391 e. The molecule has 128 valence electrons. The predicted octanol–water partition coefficient (Wildman–Crippen LogP) is 1.84. The molecule has 2 unspecified atom stereocenters. The van der Waals surface area contributed by atoms with Gasteiger partial charge in [0, 0.05) is 12.7 Å². The molecule has 1 aromatic carbocycles. The minimum atomic E-state index is -0.634. The van der Waals surface area contributed by atoms with Gasteiger partial charge in [-0.15, -0.1) is 0 Å². The van der Waals surface area contributed by atoms with Gasteiger partial charge < -0.3 is 15.3 Å². The molecule has 3 rings (SSSR count). The Balaban J connectivity index is 1.68. The van der Waals surface area contributed by atoms with Crippen molar-refractivity contribution in [3.8, 4) is 6.07 Å². The van der Waals surface area contributed by atoms with Crippen LogP contribution >= 0.6 is 0 Å². The number of β-amino-alcohol motifs (C(OH)–C–C–N with tert-alkyl or cyclic N) is 1. The number of nitrogens with one attached hydrogen (secondary N) is 1. The Morgan fingerprint density at radius 3 is 2.96 bits per heavy atom. The van der Waals surface area contributed by atoms with E-state index in [9.17, 15) is 14.3 Å². The van der Waals surface area contributed by atoms with Crippen molar-refractivity contribution in [1.82, 2.24) is 9.88 Å². The fraction of sp³-hybridized carbons (Fsp3) is 0.278. The van der Waals surface area contributed by atoms with Crippen molar-refractivity contribution in [2.45, 2.75) is 18.6 Å². The second kappa shape index (κ2) is 7.28. The number of hydrogen-bond acceptors (Lipinski definition) is 5. The van der Waals surface area contributed by atoms with E-state index in [0.29, 0.717) is 23.4 Å². The first kappa shape index (κ1) is 16.9. The lowest BCUT2D eigenvalue weighted by Gasteiger charge is -2.25. The number of carbonyl (C=O) groups is 1. The molecule has 0 saturated carbocycles. The summed E-state index contributed by atoms with van der Waals surface area (Å²) in [6, 6.07) is 10.9. The van der Waals surface area contributed by atoms with Gasteiger partial charge in [-0.1, -0.05) is 12.1 Å². The van der Waals surface area contributed by atoms with Gasteiger partial charge in [0.15, 0.2) is 0 Å². The fourth-order valence-corrected chi connectivity index (χ4v) is 2.95. The number of nitrogens with zero attached hydrogens (tertiary/aromatic N) is 3. The lowest BCUT2D eigenvalue weighted by molar-refractivity contribution is -0.130. The van der Waals surface area contributed by atoms with Crippen molar-refractivity contribution in [3.05, 3.63) is 59.5 Å². The van der Waals surface area contributed by atoms with E-state index in [0.717, 1.165) is 0 Å². The number of aliphatic hydroxyl groups is 1. The maximum Gasteiger partial charge on any atom is 0.242 e. The lowest BCUT2D eigenvalue weighted by Crippen LogP contribution is -2.36. The highest BCUT2D eigenvalue weighted by Crippen LogP contribution is 2.32. The summed E-state index contributed by atoms with van der Waals surface area (Å²) in [5.41, 5.74) is 1.10. The van der Waals surface area contributed by atoms with E-state index >= 15 is 0 Å². The summed E-state index contributed by atoms with van der Waals surface area (Å²) in [4.78, 5) is 18.1. The average Bonchev–Trinajstić information content (AvgIpc) is 3.02. The SMILES string of the molecule is N#Cc1ccc(NCC(=O)N2CC(O)CC2c2cccc(F)c2)nc1. The van der Waals surface area contributed by atoms with Crippen LogP contribution in [0.2, 0.25) is 0 Å². The number of rotatable bonds is 4. The Bertz CT molecular complexity index is 803. The summed E-state index contributed by atoms with van der Waals surface area (Å²) in [7, 11) is 0. The number of aliphatic hydroxyl groups excluding tert-OH is 1. The van der Waals surface area contributed by atoms with Crippen LogP contribution < -0.4 is 5.32 Å². The van der Waals surface area contributed by atoms with E-state index in [2.05, 4.69) is 10.3 Å². The number of likely N-dealkylation sites (tertiary alicyclic amines) is 1. The van der Waals surface area contributed by atoms with Crippen molar-refractivity contribution in [3.63, 3.8) is 0 Å². The summed E-state index contributed by atoms with van der Waals surface area (Å²) < 4.78 is 13.5. The maximum absolute atomic E-state index is 13.5. The number of carbonyl (C=O) groups excluding carboxylic acids is 1. The van der Waals surface area contributed by atoms with Gasteiger partial charge in [-0.2, -0.15) is 5.26 Å². The lowest BCUT2D eigenvalue weighted by atomic mass is 10.0. The van der Waals surface area contributed by atoms with Crippen LogP contribution in [0.4, 0.5) is 10.2 Å². The third kappa shape index (κ3) is 3.92. The first-order valence-electron chi connectivity index (χ1n) is 7.90. The highest BCUT2D eigenvalue weighted by Gasteiger charge is 2.35. The van der Waals surface area contributed by atoms with Crippen molar-refractivity contribution in [1.29, 1.82) is 5.26 Å².